The van der Waals surface area contributed by atoms with Crippen LogP contribution in [0.15, 0.2) is 18.3 Å². The third-order valence-electron chi connectivity index (χ3n) is 6.15. The molecule has 2 fully saturated rings. The number of carbonyl (C=O) groups excluding carboxylic acids is 1. The number of imidazole rings is 1. The number of hydrogen-bond donors (Lipinski definition) is 1. The van der Waals surface area contributed by atoms with Gasteiger partial charge in [0.05, 0.1) is 11.5 Å². The molecule has 0 radical (unpaired) electrons. The number of nitrogens with one attached hydrogen (secondary N) is 1. The molecule has 2 saturated carbocycles. The average molecular weight is 401 g/mol. The number of pyridine rings is 1. The second-order valence-corrected chi connectivity index (χ2v) is 9.27. The summed E-state index contributed by atoms with van der Waals surface area (Å²) in [6.07, 6.45) is 15.6. The highest BCUT2D eigenvalue weighted by Gasteiger charge is 2.22. The van der Waals surface area contributed by atoms with E-state index in [1.54, 1.807) is 11.8 Å². The number of fused-ring (bicyclic) bond motifs is 1. The van der Waals surface area contributed by atoms with E-state index in [2.05, 4.69) is 20.9 Å². The minimum atomic E-state index is 0.176. The van der Waals surface area contributed by atoms with E-state index in [4.69, 9.17) is 4.98 Å². The van der Waals surface area contributed by atoms with Crippen molar-refractivity contribution in [2.75, 3.05) is 5.75 Å². The fourth-order valence-corrected chi connectivity index (χ4v) is 5.49. The summed E-state index contributed by atoms with van der Waals surface area (Å²) in [5, 5.41) is 3.25. The van der Waals surface area contributed by atoms with Gasteiger partial charge in [0, 0.05) is 18.3 Å². The minimum Gasteiger partial charge on any atom is -0.353 e. The first-order chi connectivity index (χ1) is 13.8. The Morgan fingerprint density at radius 1 is 1.07 bits per heavy atom. The molecule has 5 nitrogen and oxygen atoms in total. The Balaban J connectivity index is 1.38. The van der Waals surface area contributed by atoms with Gasteiger partial charge in [0.15, 0.2) is 5.65 Å². The van der Waals surface area contributed by atoms with Crippen LogP contribution in [0.4, 0.5) is 0 Å². The molecule has 2 heterocycles. The van der Waals surface area contributed by atoms with Crippen LogP contribution in [0, 0.1) is 0 Å². The molecule has 2 aliphatic carbocycles. The molecule has 0 bridgehead atoms. The van der Waals surface area contributed by atoms with Gasteiger partial charge >= 0.3 is 0 Å². The van der Waals surface area contributed by atoms with Crippen molar-refractivity contribution >= 4 is 28.8 Å². The fourth-order valence-electron chi connectivity index (χ4n) is 4.73. The lowest BCUT2D eigenvalue weighted by molar-refractivity contribution is -0.119. The van der Waals surface area contributed by atoms with E-state index >= 15 is 0 Å². The van der Waals surface area contributed by atoms with E-state index in [0.717, 1.165) is 35.6 Å². The molecule has 0 atom stereocenters. The molecule has 0 unspecified atom stereocenters. The number of thioether (sulfide) groups is 1. The maximum atomic E-state index is 12.4. The zero-order valence-corrected chi connectivity index (χ0v) is 17.6. The Bertz CT molecular complexity index is 776. The maximum absolute atomic E-state index is 12.4. The van der Waals surface area contributed by atoms with Gasteiger partial charge in [-0.25, -0.2) is 9.97 Å². The molecule has 0 aliphatic heterocycles. The zero-order valence-electron chi connectivity index (χ0n) is 16.7. The Morgan fingerprint density at radius 3 is 2.57 bits per heavy atom. The van der Waals surface area contributed by atoms with Gasteiger partial charge in [-0.3, -0.25) is 4.79 Å². The van der Waals surface area contributed by atoms with Crippen molar-refractivity contribution in [3.63, 3.8) is 0 Å². The van der Waals surface area contributed by atoms with Gasteiger partial charge in [-0.15, -0.1) is 11.8 Å². The molecule has 6 heteroatoms. The Hall–Kier alpha value is -1.56. The molecule has 1 amide bonds. The summed E-state index contributed by atoms with van der Waals surface area (Å²) >= 11 is 1.68. The van der Waals surface area contributed by atoms with Crippen molar-refractivity contribution in [3.8, 4) is 0 Å². The second-order valence-electron chi connectivity index (χ2n) is 8.28. The molecular formula is C22H32N4OS. The first kappa shape index (κ1) is 19.7. The lowest BCUT2D eigenvalue weighted by atomic mass is 9.95. The molecule has 4 rings (SSSR count). The highest BCUT2D eigenvalue weighted by molar-refractivity contribution is 7.99. The maximum Gasteiger partial charge on any atom is 0.230 e. The molecule has 2 aromatic rings. The van der Waals surface area contributed by atoms with Crippen molar-refractivity contribution in [2.45, 2.75) is 88.5 Å². The largest absolute Gasteiger partial charge is 0.353 e. The standard InChI is InChI=1S/C22H32N4OS/c27-21(24-17-9-4-1-2-5-10-17)16-28-15-20-25-19-13-8-14-23-22(19)26(20)18-11-6-3-7-12-18/h8,13-14,17-18H,1-7,9-12,15-16H2,(H,24,27). The molecule has 1 N–H and O–H groups in total. The van der Waals surface area contributed by atoms with Gasteiger partial charge in [-0.1, -0.05) is 44.9 Å². The van der Waals surface area contributed by atoms with Crippen molar-refractivity contribution in [2.24, 2.45) is 0 Å². The topological polar surface area (TPSA) is 59.8 Å². The molecule has 0 saturated heterocycles. The van der Waals surface area contributed by atoms with Crippen molar-refractivity contribution in [3.05, 3.63) is 24.2 Å². The average Bonchev–Trinajstić information content (AvgIpc) is 2.88. The monoisotopic (exact) mass is 400 g/mol. The molecule has 0 aromatic carbocycles. The predicted octanol–water partition coefficient (Wildman–Crippen LogP) is 5.01. The van der Waals surface area contributed by atoms with Crippen LogP contribution < -0.4 is 5.32 Å². The van der Waals surface area contributed by atoms with E-state index in [0.29, 0.717) is 17.8 Å². The number of hydrogen-bond acceptors (Lipinski definition) is 4. The van der Waals surface area contributed by atoms with Gasteiger partial charge in [-0.2, -0.15) is 0 Å². The lowest BCUT2D eigenvalue weighted by Gasteiger charge is -2.25. The van der Waals surface area contributed by atoms with Crippen LogP contribution in [0.5, 0.6) is 0 Å². The summed E-state index contributed by atoms with van der Waals surface area (Å²) in [5.74, 6) is 2.53. The van der Waals surface area contributed by atoms with Crippen molar-refractivity contribution < 1.29 is 4.79 Å². The highest BCUT2D eigenvalue weighted by Crippen LogP contribution is 2.32. The van der Waals surface area contributed by atoms with Crippen molar-refractivity contribution in [1.82, 2.24) is 19.9 Å². The Kier molecular flexibility index (Phi) is 6.89. The van der Waals surface area contributed by atoms with Crippen LogP contribution in [0.25, 0.3) is 11.2 Å². The van der Waals surface area contributed by atoms with E-state index in [1.807, 2.05) is 12.3 Å². The van der Waals surface area contributed by atoms with Crippen LogP contribution in [0.2, 0.25) is 0 Å². The van der Waals surface area contributed by atoms with Crippen LogP contribution in [0.1, 0.15) is 82.5 Å². The Labute approximate surface area is 172 Å². The first-order valence-corrected chi connectivity index (χ1v) is 12.2. The summed E-state index contributed by atoms with van der Waals surface area (Å²) < 4.78 is 2.37. The number of nitrogens with zero attached hydrogens (tertiary/aromatic N) is 3. The van der Waals surface area contributed by atoms with Gasteiger partial charge < -0.3 is 9.88 Å². The van der Waals surface area contributed by atoms with Gasteiger partial charge in [0.1, 0.15) is 11.3 Å². The molecule has 152 valence electrons. The van der Waals surface area contributed by atoms with Crippen LogP contribution in [-0.4, -0.2) is 32.2 Å². The zero-order chi connectivity index (χ0) is 19.2. The third-order valence-corrected chi connectivity index (χ3v) is 7.07. The summed E-state index contributed by atoms with van der Waals surface area (Å²) in [7, 11) is 0. The Morgan fingerprint density at radius 2 is 1.79 bits per heavy atom. The summed E-state index contributed by atoms with van der Waals surface area (Å²) in [6.45, 7) is 0. The van der Waals surface area contributed by atoms with Crippen LogP contribution >= 0.6 is 11.8 Å². The van der Waals surface area contributed by atoms with Crippen LogP contribution in [0.3, 0.4) is 0 Å². The van der Waals surface area contributed by atoms with Crippen molar-refractivity contribution in [1.29, 1.82) is 0 Å². The third kappa shape index (κ3) is 4.88. The van der Waals surface area contributed by atoms with E-state index in [1.165, 1.54) is 57.8 Å². The summed E-state index contributed by atoms with van der Waals surface area (Å²) in [4.78, 5) is 21.9. The molecule has 2 aliphatic rings. The van der Waals surface area contributed by atoms with Gasteiger partial charge in [0.2, 0.25) is 5.91 Å². The molecule has 2 aromatic heterocycles. The lowest BCUT2D eigenvalue weighted by Crippen LogP contribution is -2.35. The quantitative estimate of drug-likeness (QED) is 0.693. The summed E-state index contributed by atoms with van der Waals surface area (Å²) in [5.41, 5.74) is 1.99. The second kappa shape index (κ2) is 9.77. The SMILES string of the molecule is O=C(CSCc1nc2cccnc2n1C1CCCCC1)NC1CCCCCC1. The normalized spacial score (nSPS) is 19.6. The van der Waals surface area contributed by atoms with Crippen LogP contribution in [-0.2, 0) is 10.5 Å². The number of amides is 1. The predicted molar refractivity (Wildman–Crippen MR) is 115 cm³/mol. The minimum absolute atomic E-state index is 0.176. The molecular weight excluding hydrogens is 368 g/mol. The number of carbonyl (C=O) groups is 1. The first-order valence-electron chi connectivity index (χ1n) is 11.0. The number of rotatable bonds is 6. The summed E-state index contributed by atoms with van der Waals surface area (Å²) in [6, 6.07) is 4.89. The van der Waals surface area contributed by atoms with E-state index in [-0.39, 0.29) is 5.91 Å². The highest BCUT2D eigenvalue weighted by atomic mass is 32.2. The smallest absolute Gasteiger partial charge is 0.230 e. The molecule has 28 heavy (non-hydrogen) atoms. The van der Waals surface area contributed by atoms with E-state index in [9.17, 15) is 4.79 Å². The molecule has 0 spiro atoms. The van der Waals surface area contributed by atoms with E-state index < -0.39 is 0 Å². The van der Waals surface area contributed by atoms with Gasteiger partial charge in [0.25, 0.3) is 0 Å². The van der Waals surface area contributed by atoms with Gasteiger partial charge in [-0.05, 0) is 37.8 Å². The number of aromatic nitrogens is 3. The fraction of sp³-hybridized carbons (Fsp3) is 0.682.